The van der Waals surface area contributed by atoms with Crippen LogP contribution in [0.5, 0.6) is 0 Å². The molecule has 1 atom stereocenters. The first-order valence-corrected chi connectivity index (χ1v) is 8.34. The Labute approximate surface area is 130 Å². The molecule has 1 aromatic heterocycles. The molecule has 120 valence electrons. The molecule has 0 bridgehead atoms. The molecule has 0 aliphatic heterocycles. The molecule has 2 rings (SSSR count). The molecule has 0 N–H and O–H groups in total. The van der Waals surface area contributed by atoms with E-state index in [0.717, 1.165) is 5.56 Å². The topological polar surface area (TPSA) is 55.2 Å². The third-order valence-corrected chi connectivity index (χ3v) is 6.16. The van der Waals surface area contributed by atoms with E-state index < -0.39 is 16.1 Å². The Kier molecular flexibility index (Phi) is 4.39. The fourth-order valence-corrected chi connectivity index (χ4v) is 4.18. The Morgan fingerprint density at radius 3 is 2.23 bits per heavy atom. The van der Waals surface area contributed by atoms with Crippen molar-refractivity contribution in [2.24, 2.45) is 7.05 Å². The van der Waals surface area contributed by atoms with E-state index in [1.54, 1.807) is 44.6 Å². The first-order chi connectivity index (χ1) is 10.2. The van der Waals surface area contributed by atoms with Crippen molar-refractivity contribution < 1.29 is 12.8 Å². The molecule has 0 spiro atoms. The largest absolute Gasteiger partial charge is 0.271 e. The second kappa shape index (κ2) is 5.81. The molecule has 1 heterocycles. The van der Waals surface area contributed by atoms with Gasteiger partial charge in [-0.1, -0.05) is 12.1 Å². The number of hydrogen-bond acceptors (Lipinski definition) is 3. The monoisotopic (exact) mass is 325 g/mol. The van der Waals surface area contributed by atoms with Crippen LogP contribution in [0.1, 0.15) is 29.9 Å². The number of nitrogens with zero attached hydrogens (tertiary/aromatic N) is 3. The van der Waals surface area contributed by atoms with Gasteiger partial charge in [0.1, 0.15) is 10.7 Å². The number of aryl methyl sites for hydroxylation is 2. The number of rotatable bonds is 4. The maximum atomic E-state index is 13.0. The third-order valence-electron chi connectivity index (χ3n) is 3.98. The highest BCUT2D eigenvalue weighted by Crippen LogP contribution is 2.29. The lowest BCUT2D eigenvalue weighted by Gasteiger charge is -2.24. The standard InChI is InChI=1S/C15H20FN3O2S/c1-10-15(12(3)18(4)17-10)22(20,21)19(5)11(2)13-6-8-14(16)9-7-13/h6-9,11H,1-5H3/t11-/m1/s1. The van der Waals surface area contributed by atoms with E-state index in [9.17, 15) is 12.8 Å². The van der Waals surface area contributed by atoms with Gasteiger partial charge in [0.2, 0.25) is 10.0 Å². The van der Waals surface area contributed by atoms with Crippen molar-refractivity contribution in [1.29, 1.82) is 0 Å². The summed E-state index contributed by atoms with van der Waals surface area (Å²) in [5.41, 5.74) is 1.79. The molecule has 0 amide bonds. The lowest BCUT2D eigenvalue weighted by molar-refractivity contribution is 0.397. The van der Waals surface area contributed by atoms with Crippen molar-refractivity contribution in [3.8, 4) is 0 Å². The molecular formula is C15H20FN3O2S. The molecule has 1 aromatic carbocycles. The van der Waals surface area contributed by atoms with Gasteiger partial charge in [0.25, 0.3) is 0 Å². The summed E-state index contributed by atoms with van der Waals surface area (Å²) in [7, 11) is -0.445. The number of sulfonamides is 1. The van der Waals surface area contributed by atoms with Crippen LogP contribution in [-0.4, -0.2) is 29.6 Å². The maximum Gasteiger partial charge on any atom is 0.247 e. The van der Waals surface area contributed by atoms with E-state index in [1.165, 1.54) is 23.5 Å². The van der Waals surface area contributed by atoms with E-state index in [4.69, 9.17) is 0 Å². The Morgan fingerprint density at radius 1 is 1.23 bits per heavy atom. The van der Waals surface area contributed by atoms with E-state index in [1.807, 2.05) is 0 Å². The van der Waals surface area contributed by atoms with Gasteiger partial charge in [-0.25, -0.2) is 12.8 Å². The maximum absolute atomic E-state index is 13.0. The number of halogens is 1. The summed E-state index contributed by atoms with van der Waals surface area (Å²) >= 11 is 0. The fourth-order valence-electron chi connectivity index (χ4n) is 2.43. The van der Waals surface area contributed by atoms with E-state index >= 15 is 0 Å². The Balaban J connectivity index is 2.42. The summed E-state index contributed by atoms with van der Waals surface area (Å²) in [5.74, 6) is -0.347. The van der Waals surface area contributed by atoms with Crippen LogP contribution in [0.4, 0.5) is 4.39 Å². The molecule has 0 saturated heterocycles. The highest BCUT2D eigenvalue weighted by molar-refractivity contribution is 7.89. The van der Waals surface area contributed by atoms with Crippen molar-refractivity contribution in [3.05, 3.63) is 47.0 Å². The summed E-state index contributed by atoms with van der Waals surface area (Å²) in [6.07, 6.45) is 0. The SMILES string of the molecule is Cc1nn(C)c(C)c1S(=O)(=O)N(C)[C@H](C)c1ccc(F)cc1. The molecule has 0 unspecified atom stereocenters. The molecule has 0 radical (unpaired) electrons. The van der Waals surface area contributed by atoms with Crippen LogP contribution in [0.15, 0.2) is 29.2 Å². The molecule has 0 aliphatic rings. The number of benzene rings is 1. The van der Waals surface area contributed by atoms with Crippen LogP contribution in [0.2, 0.25) is 0 Å². The van der Waals surface area contributed by atoms with Crippen LogP contribution in [0, 0.1) is 19.7 Å². The summed E-state index contributed by atoms with van der Waals surface area (Å²) in [6, 6.07) is 5.42. The highest BCUT2D eigenvalue weighted by Gasteiger charge is 2.31. The molecule has 0 aliphatic carbocycles. The minimum atomic E-state index is -3.68. The lowest BCUT2D eigenvalue weighted by Crippen LogP contribution is -2.30. The first kappa shape index (κ1) is 16.6. The molecule has 0 fully saturated rings. The van der Waals surface area contributed by atoms with E-state index in [0.29, 0.717) is 11.4 Å². The molecule has 0 saturated carbocycles. The molecule has 7 heteroatoms. The zero-order valence-corrected chi connectivity index (χ0v) is 14.1. The van der Waals surface area contributed by atoms with Gasteiger partial charge in [-0.3, -0.25) is 4.68 Å². The zero-order valence-electron chi connectivity index (χ0n) is 13.3. The van der Waals surface area contributed by atoms with Gasteiger partial charge in [-0.05, 0) is 38.5 Å². The van der Waals surface area contributed by atoms with Gasteiger partial charge in [0.05, 0.1) is 11.4 Å². The van der Waals surface area contributed by atoms with E-state index in [-0.39, 0.29) is 10.7 Å². The van der Waals surface area contributed by atoms with Crippen molar-refractivity contribution in [2.75, 3.05) is 7.05 Å². The second-order valence-electron chi connectivity index (χ2n) is 5.37. The highest BCUT2D eigenvalue weighted by atomic mass is 32.2. The van der Waals surface area contributed by atoms with Gasteiger partial charge in [-0.2, -0.15) is 9.40 Å². The van der Waals surface area contributed by atoms with Crippen LogP contribution < -0.4 is 0 Å². The average Bonchev–Trinajstić information content (AvgIpc) is 2.71. The van der Waals surface area contributed by atoms with Crippen molar-refractivity contribution in [2.45, 2.75) is 31.7 Å². The van der Waals surface area contributed by atoms with Crippen molar-refractivity contribution in [1.82, 2.24) is 14.1 Å². The molecule has 2 aromatic rings. The van der Waals surface area contributed by atoms with Crippen LogP contribution >= 0.6 is 0 Å². The minimum absolute atomic E-state index is 0.228. The van der Waals surface area contributed by atoms with Gasteiger partial charge in [0, 0.05) is 20.1 Å². The average molecular weight is 325 g/mol. The Morgan fingerprint density at radius 2 is 1.77 bits per heavy atom. The van der Waals surface area contributed by atoms with Crippen LogP contribution in [-0.2, 0) is 17.1 Å². The Hall–Kier alpha value is -1.73. The smallest absolute Gasteiger partial charge is 0.247 e. The second-order valence-corrected chi connectivity index (χ2v) is 7.31. The minimum Gasteiger partial charge on any atom is -0.271 e. The van der Waals surface area contributed by atoms with Crippen molar-refractivity contribution >= 4 is 10.0 Å². The predicted molar refractivity (Wildman–Crippen MR) is 82.4 cm³/mol. The Bertz CT molecular complexity index is 782. The molecule has 22 heavy (non-hydrogen) atoms. The molecule has 5 nitrogen and oxygen atoms in total. The summed E-state index contributed by atoms with van der Waals surface area (Å²) in [6.45, 7) is 5.17. The van der Waals surface area contributed by atoms with Crippen molar-refractivity contribution in [3.63, 3.8) is 0 Å². The first-order valence-electron chi connectivity index (χ1n) is 6.90. The summed E-state index contributed by atoms with van der Waals surface area (Å²) < 4.78 is 41.6. The quantitative estimate of drug-likeness (QED) is 0.868. The lowest BCUT2D eigenvalue weighted by atomic mass is 10.1. The number of hydrogen-bond donors (Lipinski definition) is 0. The normalized spacial score (nSPS) is 13.6. The van der Waals surface area contributed by atoms with E-state index in [2.05, 4.69) is 5.10 Å². The molecular weight excluding hydrogens is 305 g/mol. The van der Waals surface area contributed by atoms with Gasteiger partial charge < -0.3 is 0 Å². The van der Waals surface area contributed by atoms with Gasteiger partial charge in [0.15, 0.2) is 0 Å². The number of aromatic nitrogens is 2. The fraction of sp³-hybridized carbons (Fsp3) is 0.400. The van der Waals surface area contributed by atoms with Gasteiger partial charge >= 0.3 is 0 Å². The third kappa shape index (κ3) is 2.78. The predicted octanol–water partition coefficient (Wildman–Crippen LogP) is 2.56. The summed E-state index contributed by atoms with van der Waals surface area (Å²) in [5, 5.41) is 4.16. The van der Waals surface area contributed by atoms with Gasteiger partial charge in [-0.15, -0.1) is 0 Å². The van der Waals surface area contributed by atoms with Crippen LogP contribution in [0.25, 0.3) is 0 Å². The zero-order chi connectivity index (χ0) is 16.7. The van der Waals surface area contributed by atoms with Crippen LogP contribution in [0.3, 0.4) is 0 Å². The summed E-state index contributed by atoms with van der Waals surface area (Å²) in [4.78, 5) is 0.228.